The third-order valence-corrected chi connectivity index (χ3v) is 4.27. The third kappa shape index (κ3) is 11.6. The number of nitrogens with zero attached hydrogens (tertiary/aromatic N) is 2. The maximum Gasteiger partial charge on any atom is 0.233 e. The highest BCUT2D eigenvalue weighted by atomic mass is 127. The molecule has 0 aromatic heterocycles. The van der Waals surface area contributed by atoms with Crippen LogP contribution in [0.15, 0.2) is 4.99 Å². The summed E-state index contributed by atoms with van der Waals surface area (Å²) in [7, 11) is 1.69. The van der Waals surface area contributed by atoms with Gasteiger partial charge < -0.3 is 16.0 Å². The predicted molar refractivity (Wildman–Crippen MR) is 117 cm³/mol. The summed E-state index contributed by atoms with van der Waals surface area (Å²) >= 11 is 0. The average Bonchev–Trinajstić information content (AvgIpc) is 2.52. The number of guanidine groups is 1. The number of halogens is 1. The van der Waals surface area contributed by atoms with E-state index in [4.69, 9.17) is 4.99 Å². The Hall–Kier alpha value is -0.570. The highest BCUT2D eigenvalue weighted by molar-refractivity contribution is 14.0. The van der Waals surface area contributed by atoms with Crippen molar-refractivity contribution in [2.75, 3.05) is 39.8 Å². The van der Waals surface area contributed by atoms with Crippen molar-refractivity contribution < 1.29 is 4.79 Å². The van der Waals surface area contributed by atoms with Crippen molar-refractivity contribution in [3.8, 4) is 0 Å². The molecule has 3 N–H and O–H groups in total. The Morgan fingerprint density at radius 2 is 1.88 bits per heavy atom. The van der Waals surface area contributed by atoms with Gasteiger partial charge in [0.1, 0.15) is 0 Å². The van der Waals surface area contributed by atoms with Crippen molar-refractivity contribution in [2.24, 2.45) is 10.4 Å². The van der Waals surface area contributed by atoms with Gasteiger partial charge in [-0.15, -0.1) is 24.0 Å². The molecule has 0 aliphatic carbocycles. The molecular weight excluding hydrogens is 429 g/mol. The summed E-state index contributed by atoms with van der Waals surface area (Å²) in [5.74, 6) is 1.02. The van der Waals surface area contributed by atoms with Gasteiger partial charge in [0.2, 0.25) is 5.91 Å². The number of likely N-dealkylation sites (N-methyl/N-ethyl adjacent to an activating group) is 1. The topological polar surface area (TPSA) is 68.8 Å². The Labute approximate surface area is 171 Å². The molecule has 1 rings (SSSR count). The molecule has 0 spiro atoms. The molecule has 0 aromatic rings. The second-order valence-electron chi connectivity index (χ2n) is 7.79. The number of rotatable bonds is 7. The van der Waals surface area contributed by atoms with Crippen molar-refractivity contribution in [1.29, 1.82) is 0 Å². The molecule has 1 aliphatic heterocycles. The molecular formula is C18H38IN5O. The minimum absolute atomic E-state index is 0. The van der Waals surface area contributed by atoms with Crippen molar-refractivity contribution in [3.63, 3.8) is 0 Å². The third-order valence-electron chi connectivity index (χ3n) is 4.27. The molecule has 0 atom stereocenters. The number of hydrogen-bond acceptors (Lipinski definition) is 3. The number of amides is 1. The van der Waals surface area contributed by atoms with Crippen molar-refractivity contribution in [2.45, 2.75) is 59.4 Å². The molecule has 0 unspecified atom stereocenters. The van der Waals surface area contributed by atoms with Crippen LogP contribution in [0.25, 0.3) is 0 Å². The standard InChI is InChI=1S/C18H37N5O.HI/c1-6-20-17(21-11-7-10-18(2,3)4)22-15-8-12-23(13-9-15)14-16(24)19-5;/h15H,6-14H2,1-5H3,(H,19,24)(H2,20,21,22);1H. The SMILES string of the molecule is CCNC(=NCCCC(C)(C)C)NC1CCN(CC(=O)NC)CC1.I. The van der Waals surface area contributed by atoms with Crippen molar-refractivity contribution in [1.82, 2.24) is 20.9 Å². The van der Waals surface area contributed by atoms with E-state index in [1.54, 1.807) is 7.05 Å². The maximum atomic E-state index is 11.4. The summed E-state index contributed by atoms with van der Waals surface area (Å²) in [5, 5.41) is 9.58. The lowest BCUT2D eigenvalue weighted by molar-refractivity contribution is -0.122. The molecule has 0 aromatic carbocycles. The molecule has 0 saturated carbocycles. The van der Waals surface area contributed by atoms with E-state index < -0.39 is 0 Å². The number of likely N-dealkylation sites (tertiary alicyclic amines) is 1. The van der Waals surface area contributed by atoms with Crippen LogP contribution in [0.5, 0.6) is 0 Å². The van der Waals surface area contributed by atoms with Crippen LogP contribution in [0.4, 0.5) is 0 Å². The van der Waals surface area contributed by atoms with Crippen LogP contribution in [0.2, 0.25) is 0 Å². The Morgan fingerprint density at radius 3 is 2.40 bits per heavy atom. The van der Waals surface area contributed by atoms with Crippen LogP contribution < -0.4 is 16.0 Å². The summed E-state index contributed by atoms with van der Waals surface area (Å²) in [6.45, 7) is 13.1. The lowest BCUT2D eigenvalue weighted by atomic mass is 9.91. The van der Waals surface area contributed by atoms with Gasteiger partial charge >= 0.3 is 0 Å². The minimum Gasteiger partial charge on any atom is -0.358 e. The molecule has 1 amide bonds. The quantitative estimate of drug-likeness (QED) is 0.233. The number of aliphatic imine (C=N–C) groups is 1. The zero-order chi connectivity index (χ0) is 18.0. The molecule has 1 fully saturated rings. The predicted octanol–water partition coefficient (Wildman–Crippen LogP) is 2.20. The normalized spacial score (nSPS) is 16.9. The summed E-state index contributed by atoms with van der Waals surface area (Å²) in [4.78, 5) is 18.4. The first-order chi connectivity index (χ1) is 11.3. The number of hydrogen-bond donors (Lipinski definition) is 3. The Bertz CT molecular complexity index is 401. The lowest BCUT2D eigenvalue weighted by Gasteiger charge is -2.32. The Kier molecular flexibility index (Phi) is 12.4. The van der Waals surface area contributed by atoms with Crippen LogP contribution in [0.3, 0.4) is 0 Å². The first-order valence-electron chi connectivity index (χ1n) is 9.32. The number of piperidine rings is 1. The minimum atomic E-state index is 0. The van der Waals surface area contributed by atoms with E-state index in [-0.39, 0.29) is 29.9 Å². The average molecular weight is 467 g/mol. The summed E-state index contributed by atoms with van der Waals surface area (Å²) in [6.07, 6.45) is 4.39. The first-order valence-corrected chi connectivity index (χ1v) is 9.32. The van der Waals surface area contributed by atoms with E-state index in [0.717, 1.165) is 51.4 Å². The van der Waals surface area contributed by atoms with Gasteiger partial charge in [0.05, 0.1) is 6.54 Å². The molecule has 25 heavy (non-hydrogen) atoms. The molecule has 0 bridgehead atoms. The van der Waals surface area contributed by atoms with Gasteiger partial charge in [-0.3, -0.25) is 14.7 Å². The van der Waals surface area contributed by atoms with Crippen LogP contribution in [0, 0.1) is 5.41 Å². The fourth-order valence-corrected chi connectivity index (χ4v) is 2.83. The second-order valence-corrected chi connectivity index (χ2v) is 7.79. The van der Waals surface area contributed by atoms with E-state index in [9.17, 15) is 4.79 Å². The van der Waals surface area contributed by atoms with E-state index in [0.29, 0.717) is 18.0 Å². The fourth-order valence-electron chi connectivity index (χ4n) is 2.83. The Morgan fingerprint density at radius 1 is 1.24 bits per heavy atom. The molecule has 0 radical (unpaired) electrons. The van der Waals surface area contributed by atoms with E-state index in [1.807, 2.05) is 0 Å². The zero-order valence-electron chi connectivity index (χ0n) is 16.7. The molecule has 1 saturated heterocycles. The first kappa shape index (κ1) is 24.4. The van der Waals surface area contributed by atoms with E-state index >= 15 is 0 Å². The molecule has 1 aliphatic rings. The highest BCUT2D eigenvalue weighted by Gasteiger charge is 2.21. The van der Waals surface area contributed by atoms with Gasteiger partial charge in [-0.25, -0.2) is 0 Å². The Balaban J connectivity index is 0.00000576. The molecule has 148 valence electrons. The van der Waals surface area contributed by atoms with Crippen molar-refractivity contribution in [3.05, 3.63) is 0 Å². The smallest absolute Gasteiger partial charge is 0.233 e. The highest BCUT2D eigenvalue weighted by Crippen LogP contribution is 2.20. The largest absolute Gasteiger partial charge is 0.358 e. The van der Waals surface area contributed by atoms with Crippen LogP contribution >= 0.6 is 24.0 Å². The zero-order valence-corrected chi connectivity index (χ0v) is 19.0. The van der Waals surface area contributed by atoms with Crippen LogP contribution in [-0.4, -0.2) is 62.6 Å². The molecule has 7 heteroatoms. The van der Waals surface area contributed by atoms with Crippen LogP contribution in [0.1, 0.15) is 53.4 Å². The van der Waals surface area contributed by atoms with Gasteiger partial charge in [0.25, 0.3) is 0 Å². The number of carbonyl (C=O) groups excluding carboxylic acids is 1. The van der Waals surface area contributed by atoms with E-state index in [2.05, 4.69) is 48.5 Å². The summed E-state index contributed by atoms with van der Waals surface area (Å²) in [5.41, 5.74) is 0.374. The fraction of sp³-hybridized carbons (Fsp3) is 0.889. The molecule has 6 nitrogen and oxygen atoms in total. The van der Waals surface area contributed by atoms with Gasteiger partial charge in [-0.1, -0.05) is 20.8 Å². The lowest BCUT2D eigenvalue weighted by Crippen LogP contribution is -2.50. The van der Waals surface area contributed by atoms with Gasteiger partial charge in [0.15, 0.2) is 5.96 Å². The maximum absolute atomic E-state index is 11.4. The number of nitrogens with one attached hydrogen (secondary N) is 3. The van der Waals surface area contributed by atoms with Gasteiger partial charge in [-0.2, -0.15) is 0 Å². The number of carbonyl (C=O) groups is 1. The monoisotopic (exact) mass is 467 g/mol. The second kappa shape index (κ2) is 12.7. The van der Waals surface area contributed by atoms with Crippen molar-refractivity contribution >= 4 is 35.8 Å². The van der Waals surface area contributed by atoms with Crippen LogP contribution in [-0.2, 0) is 4.79 Å². The summed E-state index contributed by atoms with van der Waals surface area (Å²) in [6, 6.07) is 0.436. The van der Waals surface area contributed by atoms with Gasteiger partial charge in [0, 0.05) is 39.3 Å². The summed E-state index contributed by atoms with van der Waals surface area (Å²) < 4.78 is 0. The molecule has 1 heterocycles. The van der Waals surface area contributed by atoms with E-state index in [1.165, 1.54) is 6.42 Å². The van der Waals surface area contributed by atoms with Gasteiger partial charge in [-0.05, 0) is 38.0 Å².